The average molecular weight is 616 g/mol. The molecule has 4 rings (SSSR count). The second kappa shape index (κ2) is 15.9. The largest absolute Gasteiger partial charge is 0.489 e. The van der Waals surface area contributed by atoms with Crippen LogP contribution in [-0.4, -0.2) is 45.9 Å². The van der Waals surface area contributed by atoms with Gasteiger partial charge in [0.15, 0.2) is 0 Å². The molecule has 7 nitrogen and oxygen atoms in total. The van der Waals surface area contributed by atoms with Crippen LogP contribution in [0.15, 0.2) is 85.1 Å². The first-order valence-electron chi connectivity index (χ1n) is 15.1. The van der Waals surface area contributed by atoms with E-state index >= 15 is 0 Å². The lowest BCUT2D eigenvalue weighted by Gasteiger charge is -2.25. The van der Waals surface area contributed by atoms with Gasteiger partial charge in [0.1, 0.15) is 30.1 Å². The van der Waals surface area contributed by atoms with Crippen LogP contribution in [0.4, 0.5) is 8.78 Å². The molecule has 9 heteroatoms. The monoisotopic (exact) mass is 615 g/mol. The van der Waals surface area contributed by atoms with E-state index < -0.39 is 29.7 Å². The van der Waals surface area contributed by atoms with Gasteiger partial charge in [0.25, 0.3) is 11.8 Å². The van der Waals surface area contributed by atoms with Gasteiger partial charge in [-0.25, -0.2) is 8.78 Å². The van der Waals surface area contributed by atoms with Crippen molar-refractivity contribution < 1.29 is 28.2 Å². The molecule has 1 heterocycles. The van der Waals surface area contributed by atoms with Crippen molar-refractivity contribution in [3.05, 3.63) is 130 Å². The van der Waals surface area contributed by atoms with Gasteiger partial charge in [-0.2, -0.15) is 0 Å². The van der Waals surface area contributed by atoms with Crippen molar-refractivity contribution >= 4 is 11.8 Å². The minimum absolute atomic E-state index is 0.0828. The summed E-state index contributed by atoms with van der Waals surface area (Å²) in [5, 5.41) is 14.2. The number of aliphatic hydroxyl groups is 1. The molecule has 0 radical (unpaired) electrons. The summed E-state index contributed by atoms with van der Waals surface area (Å²) in [5.41, 5.74) is 2.62. The van der Waals surface area contributed by atoms with Crippen molar-refractivity contribution in [1.82, 2.24) is 15.2 Å². The fourth-order valence-electron chi connectivity index (χ4n) is 5.14. The number of nitrogens with zero attached hydrogens (tertiary/aromatic N) is 2. The van der Waals surface area contributed by atoms with Crippen LogP contribution < -0.4 is 10.1 Å². The summed E-state index contributed by atoms with van der Waals surface area (Å²) in [5.74, 6) is -1.54. The zero-order valence-corrected chi connectivity index (χ0v) is 25.8. The van der Waals surface area contributed by atoms with E-state index in [1.807, 2.05) is 44.2 Å². The zero-order valence-electron chi connectivity index (χ0n) is 25.8. The van der Waals surface area contributed by atoms with E-state index in [-0.39, 0.29) is 35.8 Å². The number of carbonyl (C=O) groups excluding carboxylic acids is 2. The van der Waals surface area contributed by atoms with Crippen LogP contribution in [0.2, 0.25) is 0 Å². The molecule has 0 aliphatic rings. The minimum atomic E-state index is -1.32. The molecule has 0 saturated heterocycles. The first kappa shape index (κ1) is 33.3. The van der Waals surface area contributed by atoms with Gasteiger partial charge in [0.2, 0.25) is 0 Å². The normalized spacial score (nSPS) is 12.3. The van der Waals surface area contributed by atoms with Crippen molar-refractivity contribution in [2.45, 2.75) is 58.8 Å². The number of aryl methyl sites for hydroxylation is 1. The summed E-state index contributed by atoms with van der Waals surface area (Å²) in [6.45, 7) is 7.27. The lowest BCUT2D eigenvalue weighted by molar-refractivity contribution is 0.0755. The highest BCUT2D eigenvalue weighted by Gasteiger charge is 2.26. The number of ether oxygens (including phenoxy) is 1. The Balaban J connectivity index is 1.57. The van der Waals surface area contributed by atoms with E-state index in [4.69, 9.17) is 4.74 Å². The predicted molar refractivity (Wildman–Crippen MR) is 169 cm³/mol. The van der Waals surface area contributed by atoms with Gasteiger partial charge in [-0.3, -0.25) is 14.6 Å². The minimum Gasteiger partial charge on any atom is -0.489 e. The van der Waals surface area contributed by atoms with Crippen molar-refractivity contribution in [2.24, 2.45) is 0 Å². The van der Waals surface area contributed by atoms with Gasteiger partial charge in [0.05, 0.1) is 11.7 Å². The lowest BCUT2D eigenvalue weighted by atomic mass is 9.97. The topological polar surface area (TPSA) is 91.8 Å². The first-order chi connectivity index (χ1) is 21.7. The second-order valence-electron chi connectivity index (χ2n) is 11.1. The Morgan fingerprint density at radius 3 is 2.18 bits per heavy atom. The molecule has 0 aliphatic heterocycles. The number of pyridine rings is 1. The Bertz CT molecular complexity index is 1560. The van der Waals surface area contributed by atoms with Gasteiger partial charge in [-0.1, -0.05) is 38.1 Å². The number of carbonyl (C=O) groups is 2. The standard InChI is InChI=1S/C36H39F2N3O4/c1-4-13-41(14-5-2)36(44)28-16-24(3)15-27(20-28)35(43)40-33(19-26-17-29(37)21-30(38)18-26)34(42)32-12-11-25(22-39-32)23-45-31-9-7-6-8-10-31/h6-12,15-18,20-22,33-34,42H,4-5,13-14,19,23H2,1-3H3,(H,40,43)/t33-,34?/m0/s1. The number of nitrogens with one attached hydrogen (secondary N) is 1. The van der Waals surface area contributed by atoms with E-state index in [1.165, 1.54) is 6.07 Å². The molecule has 0 spiro atoms. The van der Waals surface area contributed by atoms with Crippen molar-refractivity contribution in [1.29, 1.82) is 0 Å². The molecule has 4 aromatic rings. The SMILES string of the molecule is CCCN(CCC)C(=O)c1cc(C)cc(C(=O)N[C@@H](Cc2cc(F)cc(F)c2)C(O)c2ccc(COc3ccccc3)cn2)c1. The van der Waals surface area contributed by atoms with Crippen LogP contribution in [0, 0.1) is 18.6 Å². The van der Waals surface area contributed by atoms with Gasteiger partial charge in [0, 0.05) is 42.0 Å². The molecule has 45 heavy (non-hydrogen) atoms. The highest BCUT2D eigenvalue weighted by Crippen LogP contribution is 2.22. The molecule has 2 N–H and O–H groups in total. The van der Waals surface area contributed by atoms with Crippen LogP contribution in [0.1, 0.15) is 75.9 Å². The third-order valence-electron chi connectivity index (χ3n) is 7.24. The molecular weight excluding hydrogens is 576 g/mol. The van der Waals surface area contributed by atoms with Gasteiger partial charge < -0.3 is 20.1 Å². The van der Waals surface area contributed by atoms with Crippen LogP contribution >= 0.6 is 0 Å². The number of para-hydroxylation sites is 1. The van der Waals surface area contributed by atoms with Crippen LogP contribution in [0.3, 0.4) is 0 Å². The molecule has 0 aliphatic carbocycles. The second-order valence-corrected chi connectivity index (χ2v) is 11.1. The van der Waals surface area contributed by atoms with E-state index in [0.29, 0.717) is 24.4 Å². The zero-order chi connectivity index (χ0) is 32.3. The molecule has 0 fully saturated rings. The number of rotatable bonds is 14. The fourth-order valence-corrected chi connectivity index (χ4v) is 5.14. The Labute approximate surface area is 262 Å². The number of aliphatic hydroxyl groups excluding tert-OH is 1. The number of aromatic nitrogens is 1. The number of benzene rings is 3. The van der Waals surface area contributed by atoms with Gasteiger partial charge >= 0.3 is 0 Å². The van der Waals surface area contributed by atoms with E-state index in [2.05, 4.69) is 10.3 Å². The summed E-state index contributed by atoms with van der Waals surface area (Å²) in [6.07, 6.45) is 1.78. The van der Waals surface area contributed by atoms with Gasteiger partial charge in [-0.05, 0) is 85.8 Å². The van der Waals surface area contributed by atoms with Gasteiger partial charge in [-0.15, -0.1) is 0 Å². The molecule has 2 atom stereocenters. The first-order valence-corrected chi connectivity index (χ1v) is 15.1. The highest BCUT2D eigenvalue weighted by molar-refractivity contribution is 6.00. The average Bonchev–Trinajstić information content (AvgIpc) is 3.02. The molecule has 0 saturated carbocycles. The number of amides is 2. The lowest BCUT2D eigenvalue weighted by Crippen LogP contribution is -2.41. The maximum Gasteiger partial charge on any atom is 0.253 e. The maximum absolute atomic E-state index is 14.1. The number of halogens is 2. The summed E-state index contributed by atoms with van der Waals surface area (Å²) in [6, 6.07) is 19.7. The molecule has 2 amide bonds. The summed E-state index contributed by atoms with van der Waals surface area (Å²) in [7, 11) is 0. The van der Waals surface area contributed by atoms with Crippen LogP contribution in [0.5, 0.6) is 5.75 Å². The Morgan fingerprint density at radius 1 is 0.889 bits per heavy atom. The van der Waals surface area contributed by atoms with Crippen molar-refractivity contribution in [3.8, 4) is 5.75 Å². The highest BCUT2D eigenvalue weighted by atomic mass is 19.1. The Morgan fingerprint density at radius 2 is 1.56 bits per heavy atom. The molecule has 1 aromatic heterocycles. The third kappa shape index (κ3) is 9.43. The Kier molecular flexibility index (Phi) is 11.8. The predicted octanol–water partition coefficient (Wildman–Crippen LogP) is 6.58. The number of hydrogen-bond donors (Lipinski definition) is 2. The van der Waals surface area contributed by atoms with E-state index in [0.717, 1.165) is 42.2 Å². The van der Waals surface area contributed by atoms with Crippen LogP contribution in [-0.2, 0) is 13.0 Å². The van der Waals surface area contributed by atoms with Crippen LogP contribution in [0.25, 0.3) is 0 Å². The summed E-state index contributed by atoms with van der Waals surface area (Å²) < 4.78 is 33.9. The third-order valence-corrected chi connectivity index (χ3v) is 7.24. The molecular formula is C36H39F2N3O4. The molecule has 236 valence electrons. The fraction of sp³-hybridized carbons (Fsp3) is 0.306. The summed E-state index contributed by atoms with van der Waals surface area (Å²) >= 11 is 0. The quantitative estimate of drug-likeness (QED) is 0.167. The smallest absolute Gasteiger partial charge is 0.253 e. The molecule has 3 aromatic carbocycles. The molecule has 0 bridgehead atoms. The van der Waals surface area contributed by atoms with E-state index in [1.54, 1.807) is 42.3 Å². The van der Waals surface area contributed by atoms with Crippen molar-refractivity contribution in [3.63, 3.8) is 0 Å². The number of hydrogen-bond acceptors (Lipinski definition) is 5. The van der Waals surface area contributed by atoms with Crippen molar-refractivity contribution in [2.75, 3.05) is 13.1 Å². The summed E-state index contributed by atoms with van der Waals surface area (Å²) in [4.78, 5) is 33.1. The Hall–Kier alpha value is -4.63. The molecule has 1 unspecified atom stereocenters. The van der Waals surface area contributed by atoms with E-state index in [9.17, 15) is 23.5 Å². The maximum atomic E-state index is 14.1.